The number of methoxy groups -OCH3 is 3. The van der Waals surface area contributed by atoms with Gasteiger partial charge >= 0.3 is 0 Å². The minimum atomic E-state index is -0.330. The molecule has 0 spiro atoms. The van der Waals surface area contributed by atoms with Crippen LogP contribution < -0.4 is 19.1 Å². The number of piperazine rings is 1. The van der Waals surface area contributed by atoms with E-state index in [-0.39, 0.29) is 18.2 Å². The Labute approximate surface area is 182 Å². The Kier molecular flexibility index (Phi) is 6.27. The molecular formula is C23H29ClN2O4. The number of aliphatic hydroxyl groups is 1. The summed E-state index contributed by atoms with van der Waals surface area (Å²) in [5.74, 6) is 2.12. The van der Waals surface area contributed by atoms with Gasteiger partial charge in [-0.25, -0.2) is 0 Å². The molecule has 2 aromatic rings. The summed E-state index contributed by atoms with van der Waals surface area (Å²) in [7, 11) is 4.93. The van der Waals surface area contributed by atoms with E-state index in [1.54, 1.807) is 21.3 Å². The van der Waals surface area contributed by atoms with Crippen molar-refractivity contribution < 1.29 is 19.3 Å². The molecule has 2 heterocycles. The van der Waals surface area contributed by atoms with Gasteiger partial charge in [-0.3, -0.25) is 4.90 Å². The summed E-state index contributed by atoms with van der Waals surface area (Å²) in [6.07, 6.45) is 1.16. The minimum Gasteiger partial charge on any atom is -0.495 e. The van der Waals surface area contributed by atoms with Crippen LogP contribution in [0.3, 0.4) is 0 Å². The monoisotopic (exact) mass is 432 g/mol. The smallest absolute Gasteiger partial charge is 0.161 e. The van der Waals surface area contributed by atoms with Crippen molar-refractivity contribution in [3.05, 3.63) is 47.0 Å². The van der Waals surface area contributed by atoms with Crippen LogP contribution >= 0.6 is 11.6 Å². The lowest BCUT2D eigenvalue weighted by atomic mass is 9.87. The van der Waals surface area contributed by atoms with Crippen molar-refractivity contribution in [2.75, 3.05) is 45.9 Å². The molecule has 0 amide bonds. The SMILES string of the molecule is COc1cc(N2CCN3[C@@H](CC(O)C[C@@H]3c3ccc(OC)c(OC)c3)C2)ccc1Cl. The third-order valence-electron chi connectivity index (χ3n) is 6.26. The number of hydrogen-bond acceptors (Lipinski definition) is 6. The zero-order chi connectivity index (χ0) is 21.3. The van der Waals surface area contributed by atoms with E-state index in [0.29, 0.717) is 10.8 Å². The van der Waals surface area contributed by atoms with E-state index in [4.69, 9.17) is 25.8 Å². The first-order chi connectivity index (χ1) is 14.5. The largest absolute Gasteiger partial charge is 0.495 e. The zero-order valence-corrected chi connectivity index (χ0v) is 18.4. The van der Waals surface area contributed by atoms with Gasteiger partial charge in [0.15, 0.2) is 11.5 Å². The van der Waals surface area contributed by atoms with E-state index in [1.807, 2.05) is 30.3 Å². The van der Waals surface area contributed by atoms with E-state index in [9.17, 15) is 5.11 Å². The van der Waals surface area contributed by atoms with Gasteiger partial charge < -0.3 is 24.2 Å². The molecule has 4 rings (SSSR count). The predicted octanol–water partition coefficient (Wildman–Crippen LogP) is 3.75. The average Bonchev–Trinajstić information content (AvgIpc) is 2.77. The number of rotatable bonds is 5. The molecule has 2 aliphatic heterocycles. The molecule has 162 valence electrons. The molecule has 0 bridgehead atoms. The summed E-state index contributed by atoms with van der Waals surface area (Å²) in [6, 6.07) is 12.4. The molecule has 0 radical (unpaired) electrons. The number of hydrogen-bond donors (Lipinski definition) is 1. The van der Waals surface area contributed by atoms with Crippen LogP contribution in [0.1, 0.15) is 24.4 Å². The van der Waals surface area contributed by atoms with Crippen molar-refractivity contribution in [2.45, 2.75) is 31.0 Å². The van der Waals surface area contributed by atoms with Crippen LogP contribution in [0.5, 0.6) is 17.2 Å². The number of nitrogens with zero attached hydrogens (tertiary/aromatic N) is 2. The Balaban J connectivity index is 1.56. The van der Waals surface area contributed by atoms with Crippen LogP contribution in [0, 0.1) is 0 Å². The van der Waals surface area contributed by atoms with Crippen LogP contribution in [-0.2, 0) is 0 Å². The molecule has 1 unspecified atom stereocenters. The van der Waals surface area contributed by atoms with Crippen LogP contribution in [0.25, 0.3) is 0 Å². The van der Waals surface area contributed by atoms with Crippen LogP contribution in [0.2, 0.25) is 5.02 Å². The maximum absolute atomic E-state index is 10.6. The van der Waals surface area contributed by atoms with Gasteiger partial charge in [0.25, 0.3) is 0 Å². The molecule has 0 aliphatic carbocycles. The predicted molar refractivity (Wildman–Crippen MR) is 118 cm³/mol. The Bertz CT molecular complexity index is 894. The first-order valence-electron chi connectivity index (χ1n) is 10.3. The summed E-state index contributed by atoms with van der Waals surface area (Å²) >= 11 is 6.19. The summed E-state index contributed by atoms with van der Waals surface area (Å²) in [5.41, 5.74) is 2.25. The van der Waals surface area contributed by atoms with Crippen molar-refractivity contribution in [3.8, 4) is 17.2 Å². The Hall–Kier alpha value is -2.15. The number of fused-ring (bicyclic) bond motifs is 1. The maximum atomic E-state index is 10.6. The molecule has 2 saturated heterocycles. The number of piperidine rings is 1. The van der Waals surface area contributed by atoms with E-state index in [0.717, 1.165) is 55.2 Å². The second-order valence-electron chi connectivity index (χ2n) is 7.91. The summed E-state index contributed by atoms with van der Waals surface area (Å²) in [6.45, 7) is 2.67. The highest BCUT2D eigenvalue weighted by Gasteiger charge is 2.39. The molecular weight excluding hydrogens is 404 g/mol. The quantitative estimate of drug-likeness (QED) is 0.776. The standard InChI is InChI=1S/C23H29ClN2O4/c1-28-21-7-4-15(10-23(21)30-3)20-13-18(27)11-17-14-25(8-9-26(17)20)16-5-6-19(24)22(12-16)29-2/h4-7,10,12,17-18,20,27H,8-9,11,13-14H2,1-3H3/t17-,18?,20+/m0/s1. The molecule has 0 saturated carbocycles. The fraction of sp³-hybridized carbons (Fsp3) is 0.478. The van der Waals surface area contributed by atoms with Crippen LogP contribution in [0.15, 0.2) is 36.4 Å². The summed E-state index contributed by atoms with van der Waals surface area (Å²) < 4.78 is 16.3. The van der Waals surface area contributed by atoms with Gasteiger partial charge in [0.1, 0.15) is 5.75 Å². The number of benzene rings is 2. The third kappa shape index (κ3) is 4.04. The van der Waals surface area contributed by atoms with Gasteiger partial charge in [0.05, 0.1) is 32.5 Å². The van der Waals surface area contributed by atoms with Gasteiger partial charge in [-0.2, -0.15) is 0 Å². The molecule has 0 aromatic heterocycles. The third-order valence-corrected chi connectivity index (χ3v) is 6.57. The molecule has 1 N–H and O–H groups in total. The zero-order valence-electron chi connectivity index (χ0n) is 17.7. The number of ether oxygens (including phenoxy) is 3. The number of anilines is 1. The molecule has 7 heteroatoms. The van der Waals surface area contributed by atoms with Crippen molar-refractivity contribution in [2.24, 2.45) is 0 Å². The molecule has 2 aliphatic rings. The van der Waals surface area contributed by atoms with E-state index >= 15 is 0 Å². The normalized spacial score (nSPS) is 24.3. The minimum absolute atomic E-state index is 0.153. The Morgan fingerprint density at radius 2 is 1.67 bits per heavy atom. The summed E-state index contributed by atoms with van der Waals surface area (Å²) in [4.78, 5) is 4.88. The highest BCUT2D eigenvalue weighted by molar-refractivity contribution is 6.32. The molecule has 2 fully saturated rings. The fourth-order valence-electron chi connectivity index (χ4n) is 4.76. The highest BCUT2D eigenvalue weighted by Crippen LogP contribution is 2.40. The number of halogens is 1. The lowest BCUT2D eigenvalue weighted by Gasteiger charge is -2.50. The topological polar surface area (TPSA) is 54.4 Å². The molecule has 30 heavy (non-hydrogen) atoms. The lowest BCUT2D eigenvalue weighted by Crippen LogP contribution is -2.58. The van der Waals surface area contributed by atoms with Gasteiger partial charge in [-0.15, -0.1) is 0 Å². The van der Waals surface area contributed by atoms with Crippen LogP contribution in [-0.4, -0.2) is 63.1 Å². The first-order valence-corrected chi connectivity index (χ1v) is 10.7. The van der Waals surface area contributed by atoms with Crippen molar-refractivity contribution in [3.63, 3.8) is 0 Å². The fourth-order valence-corrected chi connectivity index (χ4v) is 4.95. The lowest BCUT2D eigenvalue weighted by molar-refractivity contribution is -0.00607. The van der Waals surface area contributed by atoms with E-state index in [1.165, 1.54) is 0 Å². The second kappa shape index (κ2) is 8.92. The van der Waals surface area contributed by atoms with Crippen molar-refractivity contribution >= 4 is 17.3 Å². The summed E-state index contributed by atoms with van der Waals surface area (Å²) in [5, 5.41) is 11.3. The van der Waals surface area contributed by atoms with Crippen molar-refractivity contribution in [1.29, 1.82) is 0 Å². The molecule has 2 aromatic carbocycles. The van der Waals surface area contributed by atoms with Gasteiger partial charge in [0.2, 0.25) is 0 Å². The Morgan fingerprint density at radius 1 is 0.900 bits per heavy atom. The average molecular weight is 433 g/mol. The Morgan fingerprint density at radius 3 is 2.40 bits per heavy atom. The highest BCUT2D eigenvalue weighted by atomic mass is 35.5. The molecule has 3 atom stereocenters. The van der Waals surface area contributed by atoms with Gasteiger partial charge in [0, 0.05) is 43.5 Å². The van der Waals surface area contributed by atoms with E-state index in [2.05, 4.69) is 15.9 Å². The van der Waals surface area contributed by atoms with Crippen molar-refractivity contribution in [1.82, 2.24) is 4.90 Å². The van der Waals surface area contributed by atoms with E-state index < -0.39 is 0 Å². The van der Waals surface area contributed by atoms with Crippen LogP contribution in [0.4, 0.5) is 5.69 Å². The van der Waals surface area contributed by atoms with Gasteiger partial charge in [-0.05, 0) is 42.7 Å². The maximum Gasteiger partial charge on any atom is 0.161 e. The molecule has 6 nitrogen and oxygen atoms in total. The van der Waals surface area contributed by atoms with Gasteiger partial charge in [-0.1, -0.05) is 17.7 Å². The first kappa shape index (κ1) is 21.1. The second-order valence-corrected chi connectivity index (χ2v) is 8.32. The number of aliphatic hydroxyl groups excluding tert-OH is 1.